The van der Waals surface area contributed by atoms with Gasteiger partial charge in [0.25, 0.3) is 0 Å². The molecule has 0 unspecified atom stereocenters. The minimum Gasteiger partial charge on any atom is -0.550 e. The van der Waals surface area contributed by atoms with E-state index in [9.17, 15) is 14.7 Å². The average Bonchev–Trinajstić information content (AvgIpc) is 2.28. The smallest absolute Gasteiger partial charge is 0.221 e. The number of nitrogens with one attached hydrogen (secondary N) is 1. The second kappa shape index (κ2) is 4.87. The highest BCUT2D eigenvalue weighted by Crippen LogP contribution is 2.24. The fraction of sp³-hybridized carbons (Fsp3) is 0.143. The fourth-order valence-electron chi connectivity index (χ4n) is 1.90. The first-order valence-corrected chi connectivity index (χ1v) is 5.55. The minimum absolute atomic E-state index is 0.135. The Kier molecular flexibility index (Phi) is 3.28. The maximum absolute atomic E-state index is 11.1. The van der Waals surface area contributed by atoms with Crippen molar-refractivity contribution in [3.63, 3.8) is 0 Å². The second-order valence-corrected chi connectivity index (χ2v) is 4.09. The molecule has 0 bridgehead atoms. The van der Waals surface area contributed by atoms with Gasteiger partial charge in [0.2, 0.25) is 5.91 Å². The van der Waals surface area contributed by atoms with Gasteiger partial charge in [-0.15, -0.1) is 0 Å². The summed E-state index contributed by atoms with van der Waals surface area (Å²) in [6, 6.07) is 10.9. The van der Waals surface area contributed by atoms with E-state index >= 15 is 0 Å². The first-order valence-electron chi connectivity index (χ1n) is 5.55. The van der Waals surface area contributed by atoms with Crippen LogP contribution in [-0.4, -0.2) is 11.9 Å². The van der Waals surface area contributed by atoms with Crippen LogP contribution in [0, 0.1) is 0 Å². The third-order valence-corrected chi connectivity index (χ3v) is 2.61. The minimum atomic E-state index is -1.12. The van der Waals surface area contributed by atoms with Crippen molar-refractivity contribution >= 4 is 28.3 Å². The summed E-state index contributed by atoms with van der Waals surface area (Å²) >= 11 is 0. The zero-order valence-corrected chi connectivity index (χ0v) is 9.90. The summed E-state index contributed by atoms with van der Waals surface area (Å²) in [5.74, 6) is -1.28. The number of carboxylic acids is 1. The number of rotatable bonds is 3. The summed E-state index contributed by atoms with van der Waals surface area (Å²) in [5, 5.41) is 15.1. The number of anilines is 1. The number of carbonyl (C=O) groups excluding carboxylic acids is 2. The van der Waals surface area contributed by atoms with Crippen molar-refractivity contribution in [2.75, 3.05) is 5.32 Å². The molecule has 0 aliphatic carbocycles. The maximum atomic E-state index is 11.1. The summed E-state index contributed by atoms with van der Waals surface area (Å²) in [5.41, 5.74) is 1.33. The van der Waals surface area contributed by atoms with E-state index in [1.54, 1.807) is 18.2 Å². The van der Waals surface area contributed by atoms with Gasteiger partial charge in [-0.1, -0.05) is 24.3 Å². The SMILES string of the molecule is CC(=O)Nc1cccc2ccc(CC(=O)[O-])cc12. The first-order chi connectivity index (χ1) is 8.56. The van der Waals surface area contributed by atoms with Crippen LogP contribution in [0.4, 0.5) is 5.69 Å². The van der Waals surface area contributed by atoms with Crippen molar-refractivity contribution < 1.29 is 14.7 Å². The Bertz CT molecular complexity index is 619. The van der Waals surface area contributed by atoms with E-state index in [2.05, 4.69) is 5.32 Å². The lowest BCUT2D eigenvalue weighted by Crippen LogP contribution is -2.24. The molecule has 2 aromatic rings. The third-order valence-electron chi connectivity index (χ3n) is 2.61. The molecule has 0 aliphatic heterocycles. The highest BCUT2D eigenvalue weighted by molar-refractivity contribution is 6.01. The van der Waals surface area contributed by atoms with Crippen LogP contribution in [0.1, 0.15) is 12.5 Å². The molecule has 18 heavy (non-hydrogen) atoms. The van der Waals surface area contributed by atoms with Gasteiger partial charge >= 0.3 is 0 Å². The van der Waals surface area contributed by atoms with E-state index in [0.29, 0.717) is 11.3 Å². The fourth-order valence-corrected chi connectivity index (χ4v) is 1.90. The van der Waals surface area contributed by atoms with Gasteiger partial charge in [0.15, 0.2) is 0 Å². The molecule has 0 radical (unpaired) electrons. The summed E-state index contributed by atoms with van der Waals surface area (Å²) in [4.78, 5) is 21.7. The molecule has 2 aromatic carbocycles. The molecular formula is C14H12NO3-. The molecule has 0 spiro atoms. The van der Waals surface area contributed by atoms with Crippen molar-refractivity contribution in [1.82, 2.24) is 0 Å². The molecule has 2 rings (SSSR count). The predicted octanol–water partition coefficient (Wildman–Crippen LogP) is 1.09. The molecule has 92 valence electrons. The summed E-state index contributed by atoms with van der Waals surface area (Å²) in [6.45, 7) is 1.43. The van der Waals surface area contributed by atoms with E-state index in [1.165, 1.54) is 6.92 Å². The van der Waals surface area contributed by atoms with Crippen molar-refractivity contribution in [1.29, 1.82) is 0 Å². The first kappa shape index (κ1) is 12.1. The molecule has 0 aliphatic rings. The number of fused-ring (bicyclic) bond motifs is 1. The summed E-state index contributed by atoms with van der Waals surface area (Å²) < 4.78 is 0. The third kappa shape index (κ3) is 2.66. The Morgan fingerprint density at radius 3 is 2.67 bits per heavy atom. The van der Waals surface area contributed by atoms with Gasteiger partial charge in [-0.3, -0.25) is 4.79 Å². The number of aliphatic carboxylic acids is 1. The van der Waals surface area contributed by atoms with Gasteiger partial charge in [-0.2, -0.15) is 0 Å². The van der Waals surface area contributed by atoms with Crippen LogP contribution in [0.3, 0.4) is 0 Å². The molecule has 0 saturated heterocycles. The van der Waals surface area contributed by atoms with Gasteiger partial charge in [-0.25, -0.2) is 0 Å². The predicted molar refractivity (Wildman–Crippen MR) is 67.0 cm³/mol. The Hall–Kier alpha value is -2.36. The quantitative estimate of drug-likeness (QED) is 0.875. The Morgan fingerprint density at radius 1 is 1.22 bits per heavy atom. The number of amides is 1. The van der Waals surface area contributed by atoms with Gasteiger partial charge in [-0.05, 0) is 23.1 Å². The van der Waals surface area contributed by atoms with Gasteiger partial charge in [0.1, 0.15) is 0 Å². The molecule has 4 heteroatoms. The van der Waals surface area contributed by atoms with Crippen molar-refractivity contribution in [3.05, 3.63) is 42.0 Å². The molecule has 0 fully saturated rings. The Morgan fingerprint density at radius 2 is 2.00 bits per heavy atom. The highest BCUT2D eigenvalue weighted by Gasteiger charge is 2.03. The van der Waals surface area contributed by atoms with Crippen LogP contribution in [0.2, 0.25) is 0 Å². The van der Waals surface area contributed by atoms with E-state index in [0.717, 1.165) is 10.8 Å². The highest BCUT2D eigenvalue weighted by atomic mass is 16.4. The molecule has 1 N–H and O–H groups in total. The average molecular weight is 242 g/mol. The molecule has 0 saturated carbocycles. The number of benzene rings is 2. The molecule has 1 amide bonds. The monoisotopic (exact) mass is 242 g/mol. The molecule has 0 atom stereocenters. The van der Waals surface area contributed by atoms with Gasteiger partial charge in [0.05, 0.1) is 0 Å². The van der Waals surface area contributed by atoms with E-state index in [1.807, 2.05) is 18.2 Å². The molecule has 4 nitrogen and oxygen atoms in total. The standard InChI is InChI=1S/C14H13NO3/c1-9(16)15-13-4-2-3-11-6-5-10(7-12(11)13)8-14(17)18/h2-7H,8H2,1H3,(H,15,16)(H,17,18)/p-1. The van der Waals surface area contributed by atoms with Crippen LogP contribution in [0.15, 0.2) is 36.4 Å². The van der Waals surface area contributed by atoms with Gasteiger partial charge < -0.3 is 15.2 Å². The van der Waals surface area contributed by atoms with Crippen LogP contribution in [0.5, 0.6) is 0 Å². The molecular weight excluding hydrogens is 230 g/mol. The van der Waals surface area contributed by atoms with Crippen molar-refractivity contribution in [2.24, 2.45) is 0 Å². The van der Waals surface area contributed by atoms with Gasteiger partial charge in [0, 0.05) is 30.4 Å². The second-order valence-electron chi connectivity index (χ2n) is 4.09. The number of hydrogen-bond donors (Lipinski definition) is 1. The summed E-state index contributed by atoms with van der Waals surface area (Å²) in [6.07, 6.45) is -0.135. The number of hydrogen-bond acceptors (Lipinski definition) is 3. The van der Waals surface area contributed by atoms with E-state index in [4.69, 9.17) is 0 Å². The zero-order valence-electron chi connectivity index (χ0n) is 9.90. The van der Waals surface area contributed by atoms with E-state index < -0.39 is 5.97 Å². The van der Waals surface area contributed by atoms with Crippen molar-refractivity contribution in [2.45, 2.75) is 13.3 Å². The van der Waals surface area contributed by atoms with Crippen LogP contribution in [-0.2, 0) is 16.0 Å². The molecule has 0 heterocycles. The topological polar surface area (TPSA) is 69.2 Å². The Balaban J connectivity index is 2.51. The largest absolute Gasteiger partial charge is 0.550 e. The van der Waals surface area contributed by atoms with Crippen LogP contribution in [0.25, 0.3) is 10.8 Å². The lowest BCUT2D eigenvalue weighted by atomic mass is 10.0. The van der Waals surface area contributed by atoms with E-state index in [-0.39, 0.29) is 12.3 Å². The Labute approximate surface area is 104 Å². The lowest BCUT2D eigenvalue weighted by Gasteiger charge is -2.09. The molecule has 0 aromatic heterocycles. The maximum Gasteiger partial charge on any atom is 0.221 e. The summed E-state index contributed by atoms with van der Waals surface area (Å²) in [7, 11) is 0. The lowest BCUT2D eigenvalue weighted by molar-refractivity contribution is -0.304. The number of carbonyl (C=O) groups is 2. The zero-order chi connectivity index (χ0) is 13.1. The van der Waals surface area contributed by atoms with Crippen LogP contribution < -0.4 is 10.4 Å². The van der Waals surface area contributed by atoms with Crippen LogP contribution >= 0.6 is 0 Å². The normalized spacial score (nSPS) is 10.3. The number of carboxylic acid groups (broad SMARTS) is 1. The van der Waals surface area contributed by atoms with Crippen molar-refractivity contribution in [3.8, 4) is 0 Å².